The number of esters is 1. The quantitative estimate of drug-likeness (QED) is 0.622. The predicted molar refractivity (Wildman–Crippen MR) is 62.8 cm³/mol. The summed E-state index contributed by atoms with van der Waals surface area (Å²) in [5.74, 6) is 0.204. The summed E-state index contributed by atoms with van der Waals surface area (Å²) < 4.78 is 10.0. The van der Waals surface area contributed by atoms with Crippen LogP contribution in [0.3, 0.4) is 0 Å². The van der Waals surface area contributed by atoms with Crippen LogP contribution in [-0.2, 0) is 10.6 Å². The summed E-state index contributed by atoms with van der Waals surface area (Å²) in [5.41, 5.74) is 0.912. The molecule has 1 aromatic heterocycles. The van der Waals surface area contributed by atoms with Gasteiger partial charge in [-0.05, 0) is 12.1 Å². The van der Waals surface area contributed by atoms with E-state index >= 15 is 0 Å². The zero-order chi connectivity index (χ0) is 12.3. The molecule has 0 radical (unpaired) electrons. The second-order valence-electron chi connectivity index (χ2n) is 3.28. The lowest BCUT2D eigenvalue weighted by atomic mass is 10.2. The van der Waals surface area contributed by atoms with Crippen LogP contribution in [-0.4, -0.2) is 18.1 Å². The minimum Gasteiger partial charge on any atom is -0.464 e. The van der Waals surface area contributed by atoms with Gasteiger partial charge in [0, 0.05) is 5.56 Å². The first-order valence-corrected chi connectivity index (χ1v) is 5.49. The molecule has 0 bridgehead atoms. The molecule has 0 fully saturated rings. The number of halogens is 1. The Bertz CT molecular complexity index is 522. The van der Waals surface area contributed by atoms with Gasteiger partial charge in [-0.15, -0.1) is 11.6 Å². The Hall–Kier alpha value is -1.81. The van der Waals surface area contributed by atoms with Crippen molar-refractivity contribution in [1.82, 2.24) is 4.98 Å². The Labute approximate surface area is 103 Å². The molecule has 0 N–H and O–H groups in total. The fraction of sp³-hybridized carbons (Fsp3) is 0.167. The molecule has 0 spiro atoms. The Balaban J connectivity index is 2.45. The second kappa shape index (κ2) is 5.01. The monoisotopic (exact) mass is 251 g/mol. The molecule has 1 aromatic carbocycles. The first kappa shape index (κ1) is 11.7. The molecule has 88 valence electrons. The first-order valence-electron chi connectivity index (χ1n) is 4.95. The van der Waals surface area contributed by atoms with Crippen LogP contribution in [0.25, 0.3) is 11.5 Å². The molecule has 4 nitrogen and oxygen atoms in total. The van der Waals surface area contributed by atoms with Gasteiger partial charge in [0.1, 0.15) is 0 Å². The maximum Gasteiger partial charge on any atom is 0.360 e. The molecule has 0 unspecified atom stereocenters. The number of hydrogen-bond acceptors (Lipinski definition) is 4. The van der Waals surface area contributed by atoms with Gasteiger partial charge in [0.15, 0.2) is 11.5 Å². The summed E-state index contributed by atoms with van der Waals surface area (Å²) in [7, 11) is 1.29. The molecule has 17 heavy (non-hydrogen) atoms. The topological polar surface area (TPSA) is 52.3 Å². The standard InChI is InChI=1S/C12H10ClNO3/c1-16-12(15)10-9(7-13)17-11(14-10)8-5-3-2-4-6-8/h2-6H,7H2,1H3. The van der Waals surface area contributed by atoms with Crippen molar-refractivity contribution in [3.05, 3.63) is 41.8 Å². The zero-order valence-electron chi connectivity index (χ0n) is 9.14. The number of nitrogens with zero attached hydrogens (tertiary/aromatic N) is 1. The second-order valence-corrected chi connectivity index (χ2v) is 3.55. The molecule has 2 aromatic rings. The van der Waals surface area contributed by atoms with E-state index in [-0.39, 0.29) is 11.6 Å². The fourth-order valence-corrected chi connectivity index (χ4v) is 1.58. The van der Waals surface area contributed by atoms with Gasteiger partial charge in [-0.1, -0.05) is 18.2 Å². The number of methoxy groups -OCH3 is 1. The first-order chi connectivity index (χ1) is 8.26. The SMILES string of the molecule is COC(=O)c1nc(-c2ccccc2)oc1CCl. The molecule has 0 atom stereocenters. The van der Waals surface area contributed by atoms with E-state index in [1.165, 1.54) is 7.11 Å². The number of alkyl halides is 1. The molecule has 0 saturated heterocycles. The lowest BCUT2D eigenvalue weighted by molar-refractivity contribution is 0.0592. The summed E-state index contributed by atoms with van der Waals surface area (Å²) in [5, 5.41) is 0. The van der Waals surface area contributed by atoms with Gasteiger partial charge in [0.25, 0.3) is 0 Å². The lowest BCUT2D eigenvalue weighted by Gasteiger charge is -1.93. The Morgan fingerprint density at radius 1 is 1.41 bits per heavy atom. The molecular weight excluding hydrogens is 242 g/mol. The average Bonchev–Trinajstić information content (AvgIpc) is 2.83. The fourth-order valence-electron chi connectivity index (χ4n) is 1.40. The van der Waals surface area contributed by atoms with E-state index in [1.54, 1.807) is 0 Å². The van der Waals surface area contributed by atoms with E-state index in [4.69, 9.17) is 16.0 Å². The van der Waals surface area contributed by atoms with E-state index < -0.39 is 5.97 Å². The molecule has 0 aliphatic carbocycles. The summed E-state index contributed by atoms with van der Waals surface area (Å²) in [6, 6.07) is 9.28. The number of rotatable bonds is 3. The van der Waals surface area contributed by atoms with Crippen LogP contribution in [0.15, 0.2) is 34.7 Å². The number of ether oxygens (including phenoxy) is 1. The molecule has 0 amide bonds. The van der Waals surface area contributed by atoms with Crippen LogP contribution in [0, 0.1) is 0 Å². The van der Waals surface area contributed by atoms with Gasteiger partial charge >= 0.3 is 5.97 Å². The molecule has 0 aliphatic rings. The number of carbonyl (C=O) groups is 1. The van der Waals surface area contributed by atoms with Gasteiger partial charge < -0.3 is 9.15 Å². The van der Waals surface area contributed by atoms with Crippen LogP contribution in [0.5, 0.6) is 0 Å². The van der Waals surface area contributed by atoms with Gasteiger partial charge in [-0.3, -0.25) is 0 Å². The number of oxazole rings is 1. The largest absolute Gasteiger partial charge is 0.464 e. The number of carbonyl (C=O) groups excluding carboxylic acids is 1. The highest BCUT2D eigenvalue weighted by molar-refractivity contribution is 6.17. The zero-order valence-corrected chi connectivity index (χ0v) is 9.90. The van der Waals surface area contributed by atoms with Crippen LogP contribution in [0.1, 0.15) is 16.2 Å². The van der Waals surface area contributed by atoms with Crippen molar-refractivity contribution in [2.24, 2.45) is 0 Å². The Morgan fingerprint density at radius 2 is 2.12 bits per heavy atom. The predicted octanol–water partition coefficient (Wildman–Crippen LogP) is 2.87. The third kappa shape index (κ3) is 2.31. The number of aromatic nitrogens is 1. The Morgan fingerprint density at radius 3 is 2.71 bits per heavy atom. The number of hydrogen-bond donors (Lipinski definition) is 0. The third-order valence-electron chi connectivity index (χ3n) is 2.22. The van der Waals surface area contributed by atoms with Crippen molar-refractivity contribution in [2.45, 2.75) is 5.88 Å². The van der Waals surface area contributed by atoms with Gasteiger partial charge in [-0.25, -0.2) is 9.78 Å². The van der Waals surface area contributed by atoms with E-state index in [0.717, 1.165) is 5.56 Å². The maximum atomic E-state index is 11.4. The molecule has 0 saturated carbocycles. The average molecular weight is 252 g/mol. The summed E-state index contributed by atoms with van der Waals surface area (Å²) in [4.78, 5) is 15.5. The van der Waals surface area contributed by atoms with E-state index in [0.29, 0.717) is 11.7 Å². The molecule has 1 heterocycles. The minimum absolute atomic E-state index is 0.0737. The van der Waals surface area contributed by atoms with Gasteiger partial charge in [0.05, 0.1) is 13.0 Å². The summed E-state index contributed by atoms with van der Waals surface area (Å²) in [6.07, 6.45) is 0. The van der Waals surface area contributed by atoms with Crippen LogP contribution >= 0.6 is 11.6 Å². The highest BCUT2D eigenvalue weighted by Gasteiger charge is 2.20. The molecule has 5 heteroatoms. The summed E-state index contributed by atoms with van der Waals surface area (Å²) in [6.45, 7) is 0. The van der Waals surface area contributed by atoms with E-state index in [2.05, 4.69) is 9.72 Å². The third-order valence-corrected chi connectivity index (χ3v) is 2.46. The van der Waals surface area contributed by atoms with Crippen molar-refractivity contribution in [2.75, 3.05) is 7.11 Å². The summed E-state index contributed by atoms with van der Waals surface area (Å²) >= 11 is 5.69. The molecule has 2 rings (SSSR count). The minimum atomic E-state index is -0.549. The normalized spacial score (nSPS) is 10.2. The van der Waals surface area contributed by atoms with Crippen molar-refractivity contribution >= 4 is 17.6 Å². The van der Waals surface area contributed by atoms with Crippen molar-refractivity contribution in [3.8, 4) is 11.5 Å². The van der Waals surface area contributed by atoms with Crippen molar-refractivity contribution in [1.29, 1.82) is 0 Å². The van der Waals surface area contributed by atoms with Crippen LogP contribution < -0.4 is 0 Å². The smallest absolute Gasteiger partial charge is 0.360 e. The maximum absolute atomic E-state index is 11.4. The molecule has 0 aliphatic heterocycles. The highest BCUT2D eigenvalue weighted by Crippen LogP contribution is 2.23. The lowest BCUT2D eigenvalue weighted by Crippen LogP contribution is -2.04. The van der Waals surface area contributed by atoms with Crippen molar-refractivity contribution < 1.29 is 13.9 Å². The highest BCUT2D eigenvalue weighted by atomic mass is 35.5. The van der Waals surface area contributed by atoms with Gasteiger partial charge in [0.2, 0.25) is 5.89 Å². The number of benzene rings is 1. The van der Waals surface area contributed by atoms with Crippen LogP contribution in [0.2, 0.25) is 0 Å². The molecular formula is C12H10ClNO3. The van der Waals surface area contributed by atoms with E-state index in [1.807, 2.05) is 30.3 Å². The Kier molecular flexibility index (Phi) is 3.44. The van der Waals surface area contributed by atoms with Crippen molar-refractivity contribution in [3.63, 3.8) is 0 Å². The van der Waals surface area contributed by atoms with E-state index in [9.17, 15) is 4.79 Å². The van der Waals surface area contributed by atoms with Gasteiger partial charge in [-0.2, -0.15) is 0 Å². The van der Waals surface area contributed by atoms with Crippen LogP contribution in [0.4, 0.5) is 0 Å².